The second kappa shape index (κ2) is 8.83. The number of benzene rings is 4. The summed E-state index contributed by atoms with van der Waals surface area (Å²) in [6, 6.07) is 23.3. The molecule has 0 atom stereocenters. The lowest BCUT2D eigenvalue weighted by Gasteiger charge is -2.22. The summed E-state index contributed by atoms with van der Waals surface area (Å²) < 4.78 is 74.4. The van der Waals surface area contributed by atoms with Gasteiger partial charge in [-0.15, -0.1) is 0 Å². The average Bonchev–Trinajstić information content (AvgIpc) is 2.89. The minimum atomic E-state index is -2.26. The van der Waals surface area contributed by atoms with Crippen molar-refractivity contribution in [2.45, 2.75) is 6.42 Å². The van der Waals surface area contributed by atoms with Crippen LogP contribution in [0.4, 0.5) is 22.0 Å². The number of aromatic nitrogens is 1. The smallest absolute Gasteiger partial charge is 0.200 e. The van der Waals surface area contributed by atoms with Gasteiger partial charge in [0.2, 0.25) is 5.82 Å². The predicted octanol–water partition coefficient (Wildman–Crippen LogP) is 6.94. The normalized spacial score (nSPS) is 11.2. The molecule has 0 aliphatic carbocycles. The van der Waals surface area contributed by atoms with Crippen molar-refractivity contribution >= 4 is 10.9 Å². The molecular weight excluding hydrogens is 461 g/mol. The Morgan fingerprint density at radius 2 is 1.11 bits per heavy atom. The fourth-order valence-corrected chi connectivity index (χ4v) is 4.27. The Hall–Kier alpha value is -4.26. The Kier molecular flexibility index (Phi) is 5.68. The zero-order valence-electron chi connectivity index (χ0n) is 18.0. The molecule has 0 amide bonds. The monoisotopic (exact) mass is 477 g/mol. The lowest BCUT2D eigenvalue weighted by Crippen LogP contribution is -2.20. The highest BCUT2D eigenvalue weighted by Crippen LogP contribution is 2.37. The van der Waals surface area contributed by atoms with Gasteiger partial charge in [0.25, 0.3) is 0 Å². The molecule has 0 saturated carbocycles. The summed E-state index contributed by atoms with van der Waals surface area (Å²) in [5, 5.41) is 0.245. The van der Waals surface area contributed by atoms with E-state index in [0.29, 0.717) is 11.3 Å². The van der Waals surface area contributed by atoms with Crippen molar-refractivity contribution in [2.75, 3.05) is 0 Å². The number of pyridine rings is 1. The van der Waals surface area contributed by atoms with Gasteiger partial charge in [-0.3, -0.25) is 4.79 Å². The Labute approximate surface area is 196 Å². The van der Waals surface area contributed by atoms with Gasteiger partial charge < -0.3 is 4.57 Å². The molecule has 0 aliphatic heterocycles. The van der Waals surface area contributed by atoms with Gasteiger partial charge in [0.1, 0.15) is 0 Å². The molecule has 35 heavy (non-hydrogen) atoms. The number of halogens is 5. The van der Waals surface area contributed by atoms with Gasteiger partial charge in [-0.05, 0) is 29.8 Å². The molecule has 0 radical (unpaired) electrons. The van der Waals surface area contributed by atoms with Gasteiger partial charge in [0, 0.05) is 23.1 Å². The van der Waals surface area contributed by atoms with Crippen LogP contribution in [-0.2, 0) is 6.42 Å². The quantitative estimate of drug-likeness (QED) is 0.156. The minimum absolute atomic E-state index is 0.0911. The number of hydrogen-bond acceptors (Lipinski definition) is 1. The van der Waals surface area contributed by atoms with Gasteiger partial charge in [-0.2, -0.15) is 0 Å². The first kappa shape index (κ1) is 22.5. The molecule has 7 heteroatoms. The van der Waals surface area contributed by atoms with Gasteiger partial charge in [0.05, 0.1) is 16.8 Å². The van der Waals surface area contributed by atoms with Gasteiger partial charge in [-0.1, -0.05) is 60.7 Å². The molecule has 1 aromatic heterocycles. The Balaban J connectivity index is 2.02. The highest BCUT2D eigenvalue weighted by atomic mass is 19.2. The molecule has 5 aromatic rings. The number of hydrogen-bond donors (Lipinski definition) is 0. The van der Waals surface area contributed by atoms with E-state index in [9.17, 15) is 18.0 Å². The lowest BCUT2D eigenvalue weighted by atomic mass is 9.95. The molecule has 0 bridgehead atoms. The van der Waals surface area contributed by atoms with Crippen LogP contribution in [0.15, 0.2) is 89.7 Å². The van der Waals surface area contributed by atoms with E-state index in [2.05, 4.69) is 0 Å². The number of fused-ring (bicyclic) bond motifs is 1. The Morgan fingerprint density at radius 3 is 1.74 bits per heavy atom. The van der Waals surface area contributed by atoms with Crippen molar-refractivity contribution in [3.8, 4) is 16.9 Å². The summed E-state index contributed by atoms with van der Waals surface area (Å²) in [6.07, 6.45) is -0.0911. The molecule has 0 N–H and O–H groups in total. The fourth-order valence-electron chi connectivity index (χ4n) is 4.27. The maximum atomic E-state index is 15.2. The third-order valence-corrected chi connectivity index (χ3v) is 5.86. The predicted molar refractivity (Wildman–Crippen MR) is 124 cm³/mol. The summed E-state index contributed by atoms with van der Waals surface area (Å²) >= 11 is 0. The third kappa shape index (κ3) is 3.69. The van der Waals surface area contributed by atoms with E-state index in [1.807, 2.05) is 0 Å². The Bertz CT molecular complexity index is 1600. The van der Waals surface area contributed by atoms with Crippen LogP contribution in [-0.4, -0.2) is 4.57 Å². The van der Waals surface area contributed by atoms with E-state index in [-0.39, 0.29) is 22.9 Å². The molecule has 0 unspecified atom stereocenters. The molecule has 4 aromatic carbocycles. The van der Waals surface area contributed by atoms with Gasteiger partial charge >= 0.3 is 0 Å². The second-order valence-corrected chi connectivity index (χ2v) is 7.95. The van der Waals surface area contributed by atoms with Crippen LogP contribution in [0.3, 0.4) is 0 Å². The molecule has 1 heterocycles. The molecule has 174 valence electrons. The summed E-state index contributed by atoms with van der Waals surface area (Å²) in [4.78, 5) is 13.7. The van der Waals surface area contributed by atoms with Gasteiger partial charge in [0.15, 0.2) is 28.7 Å². The number of nitrogens with zero attached hydrogens (tertiary/aromatic N) is 1. The third-order valence-electron chi connectivity index (χ3n) is 5.86. The standard InChI is InChI=1S/C28H16F5NO/c29-22-21(23(30)25(32)26(33)24(22)31)27-19(15-16-9-3-1-4-10-16)28(35)18-13-7-8-14-20(18)34(27)17-11-5-2-6-12-17/h1-14H,15H2. The first-order valence-electron chi connectivity index (χ1n) is 10.7. The van der Waals surface area contributed by atoms with Crippen molar-refractivity contribution in [1.82, 2.24) is 4.57 Å². The molecule has 0 spiro atoms. The molecule has 0 aliphatic rings. The summed E-state index contributed by atoms with van der Waals surface area (Å²) in [5.74, 6) is -10.4. The molecule has 5 rings (SSSR count). The minimum Gasteiger partial charge on any atom is -0.308 e. The maximum absolute atomic E-state index is 15.2. The van der Waals surface area contributed by atoms with Crippen molar-refractivity contribution < 1.29 is 22.0 Å². The summed E-state index contributed by atoms with van der Waals surface area (Å²) in [5.41, 5.74) is -0.922. The fraction of sp³-hybridized carbons (Fsp3) is 0.0357. The van der Waals surface area contributed by atoms with Gasteiger partial charge in [-0.25, -0.2) is 22.0 Å². The van der Waals surface area contributed by atoms with Crippen molar-refractivity contribution in [1.29, 1.82) is 0 Å². The molecule has 0 saturated heterocycles. The number of rotatable bonds is 4. The van der Waals surface area contributed by atoms with E-state index in [1.54, 1.807) is 84.9 Å². The Morgan fingerprint density at radius 1 is 0.600 bits per heavy atom. The van der Waals surface area contributed by atoms with E-state index in [4.69, 9.17) is 0 Å². The van der Waals surface area contributed by atoms with Crippen molar-refractivity contribution in [3.05, 3.63) is 135 Å². The molecule has 2 nitrogen and oxygen atoms in total. The zero-order valence-corrected chi connectivity index (χ0v) is 18.0. The summed E-state index contributed by atoms with van der Waals surface area (Å²) in [7, 11) is 0. The van der Waals surface area contributed by atoms with Crippen LogP contribution < -0.4 is 5.43 Å². The highest BCUT2D eigenvalue weighted by molar-refractivity contribution is 5.87. The maximum Gasteiger partial charge on any atom is 0.200 e. The van der Waals surface area contributed by atoms with Crippen LogP contribution >= 0.6 is 0 Å². The first-order valence-corrected chi connectivity index (χ1v) is 10.7. The highest BCUT2D eigenvalue weighted by Gasteiger charge is 2.31. The van der Waals surface area contributed by atoms with E-state index in [1.165, 1.54) is 4.57 Å². The van der Waals surface area contributed by atoms with Crippen LogP contribution in [0, 0.1) is 29.1 Å². The van der Waals surface area contributed by atoms with Crippen molar-refractivity contribution in [2.24, 2.45) is 0 Å². The number of para-hydroxylation sites is 2. The molecular formula is C28H16F5NO. The topological polar surface area (TPSA) is 22.0 Å². The lowest BCUT2D eigenvalue weighted by molar-refractivity contribution is 0.381. The van der Waals surface area contributed by atoms with Crippen molar-refractivity contribution in [3.63, 3.8) is 0 Å². The van der Waals surface area contributed by atoms with E-state index in [0.717, 1.165) is 0 Å². The van der Waals surface area contributed by atoms with Crippen LogP contribution in [0.5, 0.6) is 0 Å². The largest absolute Gasteiger partial charge is 0.308 e. The SMILES string of the molecule is O=c1c(Cc2ccccc2)c(-c2c(F)c(F)c(F)c(F)c2F)n(-c2ccccc2)c2ccccc12. The van der Waals surface area contributed by atoms with E-state index < -0.39 is 45.8 Å². The zero-order chi connectivity index (χ0) is 24.7. The van der Waals surface area contributed by atoms with Crippen LogP contribution in [0.25, 0.3) is 27.8 Å². The van der Waals surface area contributed by atoms with Crippen LogP contribution in [0.1, 0.15) is 11.1 Å². The average molecular weight is 477 g/mol. The second-order valence-electron chi connectivity index (χ2n) is 7.95. The van der Waals surface area contributed by atoms with E-state index >= 15 is 8.78 Å². The molecule has 0 fully saturated rings. The first-order chi connectivity index (χ1) is 16.9. The summed E-state index contributed by atoms with van der Waals surface area (Å²) in [6.45, 7) is 0. The van der Waals surface area contributed by atoms with Crippen LogP contribution in [0.2, 0.25) is 0 Å².